The fraction of sp³-hybridized carbons (Fsp3) is 0.750. The summed E-state index contributed by atoms with van der Waals surface area (Å²) in [5.41, 5.74) is 1.68. The standard InChI is InChI=1S/C36H52O3/c1-23-15-20-36(31(38)39-25-11-9-8-10-12-25)22-21-34(6)26(30(36)24(23)2)13-14-28-33(5)18-17-29(37)32(3,4)27(33)16-19-35(28,34)7/h8-13,23-24,27-30,37H,14-22H2,1-7H3/t23-,24+,27+,28?,29+,30+,33+,34-,35-,36+/m1/s1. The summed E-state index contributed by atoms with van der Waals surface area (Å²) in [5, 5.41) is 11.0. The fourth-order valence-electron chi connectivity index (χ4n) is 11.5. The van der Waals surface area contributed by atoms with Crippen LogP contribution in [0.3, 0.4) is 0 Å². The number of allylic oxidation sites excluding steroid dienone is 2. The number of hydrogen-bond donors (Lipinski definition) is 1. The van der Waals surface area contributed by atoms with Crippen molar-refractivity contribution in [3.8, 4) is 5.75 Å². The number of hydrogen-bond acceptors (Lipinski definition) is 3. The van der Waals surface area contributed by atoms with Gasteiger partial charge in [-0.25, -0.2) is 0 Å². The first-order chi connectivity index (χ1) is 18.3. The summed E-state index contributed by atoms with van der Waals surface area (Å²) in [4.78, 5) is 14.2. The van der Waals surface area contributed by atoms with Crippen molar-refractivity contribution < 1.29 is 14.6 Å². The van der Waals surface area contributed by atoms with Gasteiger partial charge in [-0.1, -0.05) is 78.3 Å². The molecular weight excluding hydrogens is 480 g/mol. The molecule has 0 spiro atoms. The lowest BCUT2D eigenvalue weighted by Gasteiger charge is -2.71. The van der Waals surface area contributed by atoms with Gasteiger partial charge in [0.05, 0.1) is 11.5 Å². The Balaban J connectivity index is 1.41. The number of fused-ring (bicyclic) bond motifs is 7. The van der Waals surface area contributed by atoms with Gasteiger partial charge in [-0.3, -0.25) is 4.79 Å². The van der Waals surface area contributed by atoms with E-state index in [1.807, 2.05) is 30.3 Å². The van der Waals surface area contributed by atoms with E-state index < -0.39 is 5.41 Å². The molecule has 0 bridgehead atoms. The molecule has 1 N–H and O–H groups in total. The van der Waals surface area contributed by atoms with E-state index in [0.29, 0.717) is 29.4 Å². The summed E-state index contributed by atoms with van der Waals surface area (Å²) in [6.07, 6.45) is 12.1. The zero-order valence-electron chi connectivity index (χ0n) is 25.6. The van der Waals surface area contributed by atoms with E-state index in [1.54, 1.807) is 5.57 Å². The number of aliphatic hydroxyl groups is 1. The molecule has 1 aromatic carbocycles. The van der Waals surface area contributed by atoms with Crippen molar-refractivity contribution in [3.05, 3.63) is 42.0 Å². The van der Waals surface area contributed by atoms with Crippen LogP contribution in [0.4, 0.5) is 0 Å². The maximum atomic E-state index is 14.2. The van der Waals surface area contributed by atoms with E-state index in [9.17, 15) is 9.90 Å². The third kappa shape index (κ3) is 3.60. The zero-order chi connectivity index (χ0) is 28.0. The Kier molecular flexibility index (Phi) is 6.32. The van der Waals surface area contributed by atoms with Crippen LogP contribution in [0.15, 0.2) is 42.0 Å². The van der Waals surface area contributed by atoms with Gasteiger partial charge in [-0.15, -0.1) is 0 Å². The molecule has 0 heterocycles. The van der Waals surface area contributed by atoms with E-state index in [2.05, 4.69) is 54.5 Å². The summed E-state index contributed by atoms with van der Waals surface area (Å²) in [7, 11) is 0. The predicted molar refractivity (Wildman–Crippen MR) is 157 cm³/mol. The molecule has 6 rings (SSSR count). The van der Waals surface area contributed by atoms with E-state index in [0.717, 1.165) is 44.9 Å². The summed E-state index contributed by atoms with van der Waals surface area (Å²) in [6, 6.07) is 9.71. The second-order valence-electron chi connectivity index (χ2n) is 15.9. The maximum absolute atomic E-state index is 14.2. The van der Waals surface area contributed by atoms with Crippen LogP contribution < -0.4 is 4.74 Å². The number of carbonyl (C=O) groups is 1. The maximum Gasteiger partial charge on any atom is 0.318 e. The Morgan fingerprint density at radius 3 is 2.31 bits per heavy atom. The summed E-state index contributed by atoms with van der Waals surface area (Å²) in [5.74, 6) is 3.18. The third-order valence-electron chi connectivity index (χ3n) is 14.3. The lowest BCUT2D eigenvalue weighted by molar-refractivity contribution is -0.206. The van der Waals surface area contributed by atoms with Crippen LogP contribution in [-0.2, 0) is 4.79 Å². The van der Waals surface area contributed by atoms with Gasteiger partial charge in [0.2, 0.25) is 0 Å². The summed E-state index contributed by atoms with van der Waals surface area (Å²) >= 11 is 0. The van der Waals surface area contributed by atoms with Gasteiger partial charge in [0.15, 0.2) is 0 Å². The normalized spacial score (nSPS) is 48.5. The van der Waals surface area contributed by atoms with Crippen molar-refractivity contribution >= 4 is 5.97 Å². The van der Waals surface area contributed by atoms with Crippen molar-refractivity contribution in [2.75, 3.05) is 0 Å². The Labute approximate surface area is 237 Å². The highest BCUT2D eigenvalue weighted by Crippen LogP contribution is 2.75. The SMILES string of the molecule is C[C@H]1[C@H](C)CC[C@]2(C(=O)Oc3ccccc3)CC[C@]3(C)C(=CCC4[C@@]5(C)CC[C@H](O)C(C)(C)[C@@H]5CC[C@]43C)[C@H]12. The Morgan fingerprint density at radius 2 is 1.59 bits per heavy atom. The van der Waals surface area contributed by atoms with E-state index in [1.165, 1.54) is 12.8 Å². The van der Waals surface area contributed by atoms with Crippen LogP contribution in [0.5, 0.6) is 5.75 Å². The number of ether oxygens (including phenoxy) is 1. The van der Waals surface area contributed by atoms with Gasteiger partial charge in [0, 0.05) is 0 Å². The lowest BCUT2D eigenvalue weighted by Crippen LogP contribution is -2.65. The van der Waals surface area contributed by atoms with Crippen LogP contribution in [0, 0.1) is 56.7 Å². The van der Waals surface area contributed by atoms with Gasteiger partial charge in [-0.05, 0) is 121 Å². The fourth-order valence-corrected chi connectivity index (χ4v) is 11.5. The van der Waals surface area contributed by atoms with E-state index in [4.69, 9.17) is 4.74 Å². The minimum atomic E-state index is -0.422. The van der Waals surface area contributed by atoms with Gasteiger partial charge >= 0.3 is 5.97 Å². The molecule has 214 valence electrons. The molecule has 1 unspecified atom stereocenters. The second-order valence-corrected chi connectivity index (χ2v) is 15.9. The smallest absolute Gasteiger partial charge is 0.318 e. The predicted octanol–water partition coefficient (Wildman–Crippen LogP) is 8.61. The number of benzene rings is 1. The molecule has 3 nitrogen and oxygen atoms in total. The summed E-state index contributed by atoms with van der Waals surface area (Å²) in [6.45, 7) is 17.2. The van der Waals surface area contributed by atoms with Crippen LogP contribution >= 0.6 is 0 Å². The third-order valence-corrected chi connectivity index (χ3v) is 14.3. The highest BCUT2D eigenvalue weighted by atomic mass is 16.5. The number of para-hydroxylation sites is 1. The molecule has 4 fully saturated rings. The van der Waals surface area contributed by atoms with Crippen molar-refractivity contribution in [1.82, 2.24) is 0 Å². The molecule has 5 aliphatic carbocycles. The molecule has 5 aliphatic rings. The second kappa shape index (κ2) is 8.94. The zero-order valence-corrected chi connectivity index (χ0v) is 25.6. The van der Waals surface area contributed by atoms with Crippen molar-refractivity contribution in [2.24, 2.45) is 56.7 Å². The number of carbonyl (C=O) groups excluding carboxylic acids is 1. The topological polar surface area (TPSA) is 46.5 Å². The van der Waals surface area contributed by atoms with E-state index >= 15 is 0 Å². The van der Waals surface area contributed by atoms with Crippen molar-refractivity contribution in [1.29, 1.82) is 0 Å². The number of aliphatic hydroxyl groups excluding tert-OH is 1. The van der Waals surface area contributed by atoms with Crippen LogP contribution in [-0.4, -0.2) is 17.2 Å². The van der Waals surface area contributed by atoms with E-state index in [-0.39, 0.29) is 39.7 Å². The molecule has 39 heavy (non-hydrogen) atoms. The Hall–Kier alpha value is -1.61. The molecular formula is C36H52O3. The summed E-state index contributed by atoms with van der Waals surface area (Å²) < 4.78 is 6.17. The molecule has 3 heteroatoms. The average Bonchev–Trinajstić information content (AvgIpc) is 2.89. The van der Waals surface area contributed by atoms with Gasteiger partial charge in [-0.2, -0.15) is 0 Å². The minimum absolute atomic E-state index is 0.00589. The van der Waals surface area contributed by atoms with Crippen LogP contribution in [0.2, 0.25) is 0 Å². The molecule has 1 aromatic rings. The van der Waals surface area contributed by atoms with Gasteiger partial charge < -0.3 is 9.84 Å². The molecule has 10 atom stereocenters. The quantitative estimate of drug-likeness (QED) is 0.236. The molecule has 0 aromatic heterocycles. The van der Waals surface area contributed by atoms with Gasteiger partial charge in [0.25, 0.3) is 0 Å². The lowest BCUT2D eigenvalue weighted by atomic mass is 9.33. The molecule has 0 radical (unpaired) electrons. The molecule has 0 aliphatic heterocycles. The molecule has 0 saturated heterocycles. The highest BCUT2D eigenvalue weighted by molar-refractivity contribution is 5.81. The first-order valence-electron chi connectivity index (χ1n) is 16.0. The van der Waals surface area contributed by atoms with Crippen LogP contribution in [0.1, 0.15) is 106 Å². The molecule has 4 saturated carbocycles. The average molecular weight is 533 g/mol. The first-order valence-corrected chi connectivity index (χ1v) is 16.0. The van der Waals surface area contributed by atoms with Crippen molar-refractivity contribution in [3.63, 3.8) is 0 Å². The van der Waals surface area contributed by atoms with Crippen LogP contribution in [0.25, 0.3) is 0 Å². The molecule has 0 amide bonds. The highest BCUT2D eigenvalue weighted by Gasteiger charge is 2.69. The van der Waals surface area contributed by atoms with Crippen molar-refractivity contribution in [2.45, 2.75) is 112 Å². The Morgan fingerprint density at radius 1 is 0.872 bits per heavy atom. The Bertz CT molecular complexity index is 1150. The number of rotatable bonds is 2. The van der Waals surface area contributed by atoms with Gasteiger partial charge in [0.1, 0.15) is 5.75 Å². The first kappa shape index (κ1) is 27.6. The monoisotopic (exact) mass is 532 g/mol. The minimum Gasteiger partial charge on any atom is -0.426 e. The largest absolute Gasteiger partial charge is 0.426 e. The number of esters is 1.